The fourth-order valence-electron chi connectivity index (χ4n) is 3.08. The van der Waals surface area contributed by atoms with Crippen molar-refractivity contribution < 1.29 is 9.84 Å². The van der Waals surface area contributed by atoms with E-state index in [2.05, 4.69) is 23.5 Å². The average molecular weight is 297 g/mol. The number of ether oxygens (including phenoxy) is 1. The van der Waals surface area contributed by atoms with Gasteiger partial charge in [0.1, 0.15) is 0 Å². The zero-order chi connectivity index (χ0) is 15.4. The summed E-state index contributed by atoms with van der Waals surface area (Å²) in [5.74, 6) is 0. The van der Waals surface area contributed by atoms with Gasteiger partial charge in [0, 0.05) is 13.1 Å². The first-order valence-corrected chi connectivity index (χ1v) is 7.87. The first-order valence-electron chi connectivity index (χ1n) is 7.87. The van der Waals surface area contributed by atoms with E-state index in [-0.39, 0.29) is 0 Å². The minimum atomic E-state index is -0.468. The monoisotopic (exact) mass is 297 g/mol. The Morgan fingerprint density at radius 2 is 2.05 bits per heavy atom. The number of benzene rings is 2. The summed E-state index contributed by atoms with van der Waals surface area (Å²) in [7, 11) is 0. The minimum absolute atomic E-state index is 0.468. The molecule has 0 spiro atoms. The topological polar surface area (TPSA) is 41.5 Å². The van der Waals surface area contributed by atoms with Crippen LogP contribution in [0.2, 0.25) is 0 Å². The lowest BCUT2D eigenvalue weighted by Gasteiger charge is -2.20. The summed E-state index contributed by atoms with van der Waals surface area (Å²) >= 11 is 0. The molecular weight excluding hydrogens is 274 g/mol. The van der Waals surface area contributed by atoms with E-state index in [9.17, 15) is 5.11 Å². The second-order valence-electron chi connectivity index (χ2n) is 5.86. The normalized spacial score (nSPS) is 15.4. The predicted molar refractivity (Wildman–Crippen MR) is 87.6 cm³/mol. The van der Waals surface area contributed by atoms with Crippen LogP contribution >= 0.6 is 0 Å². The van der Waals surface area contributed by atoms with Crippen molar-refractivity contribution in [3.63, 3.8) is 0 Å². The van der Waals surface area contributed by atoms with Gasteiger partial charge >= 0.3 is 0 Å². The molecule has 116 valence electrons. The highest BCUT2D eigenvalue weighted by atomic mass is 16.5. The van der Waals surface area contributed by atoms with Crippen molar-refractivity contribution in [2.75, 3.05) is 13.2 Å². The molecule has 1 atom stereocenters. The Morgan fingerprint density at radius 1 is 1.18 bits per heavy atom. The second-order valence-corrected chi connectivity index (χ2v) is 5.86. The summed E-state index contributed by atoms with van der Waals surface area (Å²) in [4.78, 5) is 0. The molecule has 0 radical (unpaired) electrons. The molecule has 0 bridgehead atoms. The van der Waals surface area contributed by atoms with E-state index in [0.29, 0.717) is 6.54 Å². The van der Waals surface area contributed by atoms with Crippen molar-refractivity contribution in [3.05, 3.63) is 70.3 Å². The quantitative estimate of drug-likeness (QED) is 0.891. The van der Waals surface area contributed by atoms with Gasteiger partial charge in [-0.3, -0.25) is 0 Å². The van der Waals surface area contributed by atoms with Gasteiger partial charge in [0.25, 0.3) is 0 Å². The van der Waals surface area contributed by atoms with Crippen LogP contribution < -0.4 is 5.32 Å². The van der Waals surface area contributed by atoms with Crippen molar-refractivity contribution in [1.29, 1.82) is 0 Å². The second kappa shape index (κ2) is 7.05. The lowest BCUT2D eigenvalue weighted by Crippen LogP contribution is -2.23. The van der Waals surface area contributed by atoms with Gasteiger partial charge in [0.2, 0.25) is 0 Å². The van der Waals surface area contributed by atoms with Gasteiger partial charge in [-0.2, -0.15) is 0 Å². The van der Waals surface area contributed by atoms with Crippen LogP contribution in [0.15, 0.2) is 42.5 Å². The zero-order valence-corrected chi connectivity index (χ0v) is 13.0. The highest BCUT2D eigenvalue weighted by Crippen LogP contribution is 2.21. The fourth-order valence-corrected chi connectivity index (χ4v) is 3.08. The molecule has 0 aliphatic carbocycles. The highest BCUT2D eigenvalue weighted by Gasteiger charge is 2.14. The third kappa shape index (κ3) is 3.38. The molecule has 1 heterocycles. The lowest BCUT2D eigenvalue weighted by molar-refractivity contribution is 0.110. The fraction of sp³-hybridized carbons (Fsp3) is 0.368. The molecule has 2 aromatic carbocycles. The number of rotatable bonds is 5. The lowest BCUT2D eigenvalue weighted by atomic mass is 9.97. The van der Waals surface area contributed by atoms with Gasteiger partial charge in [-0.1, -0.05) is 42.5 Å². The number of aliphatic hydroxyl groups excluding tert-OH is 1. The smallest absolute Gasteiger partial charge is 0.0917 e. The molecule has 2 aromatic rings. The molecule has 3 heteroatoms. The molecule has 0 aromatic heterocycles. The molecule has 22 heavy (non-hydrogen) atoms. The Hall–Kier alpha value is -1.68. The van der Waals surface area contributed by atoms with E-state index in [4.69, 9.17) is 4.74 Å². The van der Waals surface area contributed by atoms with Crippen molar-refractivity contribution in [2.24, 2.45) is 0 Å². The van der Waals surface area contributed by atoms with Gasteiger partial charge in [-0.15, -0.1) is 0 Å². The van der Waals surface area contributed by atoms with Crippen LogP contribution in [0, 0.1) is 6.92 Å². The Kier molecular flexibility index (Phi) is 4.88. The van der Waals surface area contributed by atoms with Gasteiger partial charge in [-0.25, -0.2) is 0 Å². The molecule has 0 amide bonds. The maximum atomic E-state index is 10.3. The molecule has 1 unspecified atom stereocenters. The standard InChI is InChI=1S/C19H23NO2/c1-14-5-2-3-8-17(14)19(21)12-20-11-15-6-4-7-16-13-22-10-9-18(15)16/h2-8,19-21H,9-13H2,1H3. The number of hydrogen-bond donors (Lipinski definition) is 2. The summed E-state index contributed by atoms with van der Waals surface area (Å²) in [6.07, 6.45) is 0.511. The van der Waals surface area contributed by atoms with E-state index in [0.717, 1.165) is 37.3 Å². The molecule has 3 nitrogen and oxygen atoms in total. The predicted octanol–water partition coefficient (Wildman–Crippen LogP) is 2.89. The van der Waals surface area contributed by atoms with Crippen molar-refractivity contribution in [1.82, 2.24) is 5.32 Å². The molecule has 1 aliphatic rings. The largest absolute Gasteiger partial charge is 0.387 e. The van der Waals surface area contributed by atoms with Crippen LogP contribution in [0.3, 0.4) is 0 Å². The van der Waals surface area contributed by atoms with Gasteiger partial charge in [0.15, 0.2) is 0 Å². The number of aryl methyl sites for hydroxylation is 1. The molecule has 1 aliphatic heterocycles. The van der Waals surface area contributed by atoms with Crippen molar-refractivity contribution in [2.45, 2.75) is 32.6 Å². The SMILES string of the molecule is Cc1ccccc1C(O)CNCc1cccc2c1CCOC2. The average Bonchev–Trinajstić information content (AvgIpc) is 2.55. The maximum Gasteiger partial charge on any atom is 0.0917 e. The Morgan fingerprint density at radius 3 is 2.91 bits per heavy atom. The third-order valence-electron chi connectivity index (χ3n) is 4.32. The van der Waals surface area contributed by atoms with E-state index in [1.54, 1.807) is 0 Å². The van der Waals surface area contributed by atoms with Crippen LogP contribution in [0.5, 0.6) is 0 Å². The van der Waals surface area contributed by atoms with E-state index in [1.807, 2.05) is 31.2 Å². The Bertz CT molecular complexity index is 639. The third-order valence-corrected chi connectivity index (χ3v) is 4.32. The molecule has 0 saturated heterocycles. The zero-order valence-electron chi connectivity index (χ0n) is 13.0. The van der Waals surface area contributed by atoms with Crippen molar-refractivity contribution >= 4 is 0 Å². The summed E-state index contributed by atoms with van der Waals surface area (Å²) in [5, 5.41) is 13.7. The Balaban J connectivity index is 1.61. The van der Waals surface area contributed by atoms with Crippen molar-refractivity contribution in [3.8, 4) is 0 Å². The van der Waals surface area contributed by atoms with Crippen LogP contribution in [-0.2, 0) is 24.3 Å². The summed E-state index contributed by atoms with van der Waals surface area (Å²) in [6, 6.07) is 14.4. The number of fused-ring (bicyclic) bond motifs is 1. The van der Waals surface area contributed by atoms with Gasteiger partial charge < -0.3 is 15.2 Å². The Labute approximate surface area is 131 Å². The molecule has 2 N–H and O–H groups in total. The number of hydrogen-bond acceptors (Lipinski definition) is 3. The first-order chi connectivity index (χ1) is 10.8. The molecule has 3 rings (SSSR count). The van der Waals surface area contributed by atoms with Gasteiger partial charge in [0.05, 0.1) is 19.3 Å². The summed E-state index contributed by atoms with van der Waals surface area (Å²) < 4.78 is 5.50. The van der Waals surface area contributed by atoms with E-state index in [1.165, 1.54) is 16.7 Å². The summed E-state index contributed by atoms with van der Waals surface area (Å²) in [6.45, 7) is 4.90. The van der Waals surface area contributed by atoms with Gasteiger partial charge in [-0.05, 0) is 41.2 Å². The van der Waals surface area contributed by atoms with E-state index >= 15 is 0 Å². The molecule has 0 fully saturated rings. The summed E-state index contributed by atoms with van der Waals surface area (Å²) in [5.41, 5.74) is 6.15. The number of nitrogens with one attached hydrogen (secondary N) is 1. The van der Waals surface area contributed by atoms with Crippen LogP contribution in [0.25, 0.3) is 0 Å². The van der Waals surface area contributed by atoms with Crippen LogP contribution in [-0.4, -0.2) is 18.3 Å². The first kappa shape index (κ1) is 15.2. The van der Waals surface area contributed by atoms with Crippen LogP contribution in [0.1, 0.15) is 33.9 Å². The maximum absolute atomic E-state index is 10.3. The molecule has 0 saturated carbocycles. The number of aliphatic hydroxyl groups is 1. The highest BCUT2D eigenvalue weighted by molar-refractivity contribution is 5.36. The molecular formula is C19H23NO2. The van der Waals surface area contributed by atoms with E-state index < -0.39 is 6.10 Å². The minimum Gasteiger partial charge on any atom is -0.387 e. The van der Waals surface area contributed by atoms with Crippen LogP contribution in [0.4, 0.5) is 0 Å².